The van der Waals surface area contributed by atoms with Gasteiger partial charge in [-0.05, 0) is 48.9 Å². The van der Waals surface area contributed by atoms with Gasteiger partial charge in [-0.2, -0.15) is 4.31 Å². The molecule has 1 unspecified atom stereocenters. The summed E-state index contributed by atoms with van der Waals surface area (Å²) in [6.45, 7) is 5.52. The van der Waals surface area contributed by atoms with E-state index in [4.69, 9.17) is 10.5 Å². The number of ether oxygens (including phenoxy) is 1. The summed E-state index contributed by atoms with van der Waals surface area (Å²) in [5.41, 5.74) is 7.77. The molecule has 3 rings (SSSR count). The maximum atomic E-state index is 13.7. The third-order valence-corrected chi connectivity index (χ3v) is 7.28. The molecule has 0 bridgehead atoms. The number of carbonyl (C=O) groups is 1. The minimum atomic E-state index is -4.15. The zero-order valence-electron chi connectivity index (χ0n) is 20.1. The molecular weight excluding hydrogens is 468 g/mol. The standard InChI is InChI=1S/C25H32N4O5S/c1-17(2)16-29(24(34-25(26)31)23(30)14-9-19-7-5-4-6-8-19)35(32,33)21-12-10-20(11-13-21)22-15-27-18(3)28-22/h4-8,10-13,15,17,23-24,30H,9,14,16H2,1-3H3,(H2,26,31)(H,27,28)/t23-,24?/m0/s1. The summed E-state index contributed by atoms with van der Waals surface area (Å²) in [4.78, 5) is 19.0. The Morgan fingerprint density at radius 2 is 1.80 bits per heavy atom. The van der Waals surface area contributed by atoms with E-state index in [0.717, 1.165) is 27.0 Å². The van der Waals surface area contributed by atoms with Crippen molar-refractivity contribution in [1.29, 1.82) is 0 Å². The second-order valence-electron chi connectivity index (χ2n) is 8.79. The van der Waals surface area contributed by atoms with Gasteiger partial charge in [0.25, 0.3) is 0 Å². The topological polar surface area (TPSA) is 139 Å². The van der Waals surface area contributed by atoms with Gasteiger partial charge < -0.3 is 20.6 Å². The van der Waals surface area contributed by atoms with Crippen LogP contribution in [0.15, 0.2) is 65.7 Å². The molecule has 1 amide bonds. The van der Waals surface area contributed by atoms with E-state index in [9.17, 15) is 18.3 Å². The van der Waals surface area contributed by atoms with Crippen molar-refractivity contribution in [3.63, 3.8) is 0 Å². The van der Waals surface area contributed by atoms with Gasteiger partial charge in [0, 0.05) is 6.54 Å². The van der Waals surface area contributed by atoms with Crippen LogP contribution in [0, 0.1) is 12.8 Å². The number of aliphatic hydroxyl groups is 1. The lowest BCUT2D eigenvalue weighted by Crippen LogP contribution is -2.51. The molecule has 10 heteroatoms. The fraction of sp³-hybridized carbons (Fsp3) is 0.360. The summed E-state index contributed by atoms with van der Waals surface area (Å²) in [5, 5.41) is 11.0. The molecule has 35 heavy (non-hydrogen) atoms. The maximum Gasteiger partial charge on any atom is 0.406 e. The van der Waals surface area contributed by atoms with Crippen LogP contribution < -0.4 is 5.73 Å². The Bertz CT molecular complexity index is 1210. The van der Waals surface area contributed by atoms with E-state index in [-0.39, 0.29) is 23.8 Å². The maximum absolute atomic E-state index is 13.7. The van der Waals surface area contributed by atoms with Crippen LogP contribution in [0.1, 0.15) is 31.7 Å². The molecule has 1 aromatic heterocycles. The fourth-order valence-electron chi connectivity index (χ4n) is 3.76. The first kappa shape index (κ1) is 26.4. The second-order valence-corrected chi connectivity index (χ2v) is 10.7. The minimum absolute atomic E-state index is 0.00599. The number of nitrogens with one attached hydrogen (secondary N) is 1. The Labute approximate surface area is 206 Å². The van der Waals surface area contributed by atoms with Gasteiger partial charge in [0.1, 0.15) is 11.9 Å². The molecule has 0 saturated heterocycles. The van der Waals surface area contributed by atoms with Crippen LogP contribution in [0.4, 0.5) is 4.79 Å². The lowest BCUT2D eigenvalue weighted by molar-refractivity contribution is -0.0582. The molecule has 1 heterocycles. The predicted octanol–water partition coefficient (Wildman–Crippen LogP) is 3.45. The number of aromatic nitrogens is 2. The van der Waals surface area contributed by atoms with Gasteiger partial charge in [-0.3, -0.25) is 0 Å². The van der Waals surface area contributed by atoms with Gasteiger partial charge in [0.05, 0.1) is 16.8 Å². The fourth-order valence-corrected chi connectivity index (χ4v) is 5.46. The number of primary amides is 1. The Morgan fingerprint density at radius 1 is 1.14 bits per heavy atom. The number of aromatic amines is 1. The summed E-state index contributed by atoms with van der Waals surface area (Å²) < 4.78 is 33.6. The molecule has 0 saturated carbocycles. The molecule has 4 N–H and O–H groups in total. The van der Waals surface area contributed by atoms with E-state index in [0.29, 0.717) is 6.42 Å². The molecule has 9 nitrogen and oxygen atoms in total. The average molecular weight is 501 g/mol. The molecule has 0 spiro atoms. The van der Waals surface area contributed by atoms with Crippen molar-refractivity contribution in [2.24, 2.45) is 11.7 Å². The number of hydrogen-bond donors (Lipinski definition) is 3. The number of sulfonamides is 1. The molecule has 0 radical (unpaired) electrons. The van der Waals surface area contributed by atoms with Gasteiger partial charge in [-0.25, -0.2) is 18.2 Å². The Morgan fingerprint density at radius 3 is 2.34 bits per heavy atom. The third-order valence-electron chi connectivity index (χ3n) is 5.44. The van der Waals surface area contributed by atoms with Gasteiger partial charge in [-0.1, -0.05) is 56.3 Å². The number of imidazole rings is 1. The highest BCUT2D eigenvalue weighted by Crippen LogP contribution is 2.26. The van der Waals surface area contributed by atoms with Crippen molar-refractivity contribution < 1.29 is 23.1 Å². The quantitative estimate of drug-likeness (QED) is 0.345. The van der Waals surface area contributed by atoms with Gasteiger partial charge in [-0.15, -0.1) is 0 Å². The van der Waals surface area contributed by atoms with Gasteiger partial charge in [0.2, 0.25) is 10.0 Å². The summed E-state index contributed by atoms with van der Waals surface area (Å²) >= 11 is 0. The van der Waals surface area contributed by atoms with E-state index < -0.39 is 28.4 Å². The Hall–Kier alpha value is -3.21. The lowest BCUT2D eigenvalue weighted by Gasteiger charge is -2.34. The van der Waals surface area contributed by atoms with Crippen molar-refractivity contribution in [2.75, 3.05) is 6.54 Å². The minimum Gasteiger partial charge on any atom is -0.426 e. The highest BCUT2D eigenvalue weighted by molar-refractivity contribution is 7.89. The van der Waals surface area contributed by atoms with Gasteiger partial charge >= 0.3 is 6.09 Å². The first-order valence-electron chi connectivity index (χ1n) is 11.4. The molecular formula is C25H32N4O5S. The summed E-state index contributed by atoms with van der Waals surface area (Å²) in [6.07, 6.45) is -1.62. The summed E-state index contributed by atoms with van der Waals surface area (Å²) in [6, 6.07) is 15.7. The first-order valence-corrected chi connectivity index (χ1v) is 12.8. The number of carbonyl (C=O) groups excluding carboxylic acids is 1. The number of aryl methyl sites for hydroxylation is 2. The number of hydrogen-bond acceptors (Lipinski definition) is 6. The largest absolute Gasteiger partial charge is 0.426 e. The van der Waals surface area contributed by atoms with Gasteiger partial charge in [0.15, 0.2) is 6.23 Å². The average Bonchev–Trinajstić information content (AvgIpc) is 3.26. The molecule has 0 fully saturated rings. The van der Waals surface area contributed by atoms with Crippen LogP contribution in [-0.4, -0.2) is 52.8 Å². The summed E-state index contributed by atoms with van der Waals surface area (Å²) in [7, 11) is -4.15. The number of H-pyrrole nitrogens is 1. The van der Waals surface area contributed by atoms with Crippen LogP contribution in [0.2, 0.25) is 0 Å². The van der Waals surface area contributed by atoms with E-state index in [1.807, 2.05) is 51.1 Å². The van der Waals surface area contributed by atoms with Crippen molar-refractivity contribution in [2.45, 2.75) is 50.8 Å². The number of rotatable bonds is 11. The second kappa shape index (κ2) is 11.5. The number of benzene rings is 2. The smallest absolute Gasteiger partial charge is 0.406 e. The van der Waals surface area contributed by atoms with E-state index in [2.05, 4.69) is 9.97 Å². The Balaban J connectivity index is 1.90. The van der Waals surface area contributed by atoms with Crippen LogP contribution in [0.3, 0.4) is 0 Å². The number of nitrogens with zero attached hydrogens (tertiary/aromatic N) is 2. The van der Waals surface area contributed by atoms with Crippen molar-refractivity contribution >= 4 is 16.1 Å². The van der Waals surface area contributed by atoms with Crippen LogP contribution in [-0.2, 0) is 21.2 Å². The molecule has 0 aliphatic carbocycles. The van der Waals surface area contributed by atoms with E-state index in [1.165, 1.54) is 12.1 Å². The van der Waals surface area contributed by atoms with Crippen LogP contribution in [0.25, 0.3) is 11.3 Å². The monoisotopic (exact) mass is 500 g/mol. The molecule has 2 atom stereocenters. The lowest BCUT2D eigenvalue weighted by atomic mass is 10.1. The normalized spacial score (nSPS) is 13.7. The SMILES string of the molecule is Cc1ncc(-c2ccc(S(=O)(=O)N(CC(C)C)C(OC(N)=O)[C@@H](O)CCc3ccccc3)cc2)[nH]1. The van der Waals surface area contributed by atoms with Crippen LogP contribution >= 0.6 is 0 Å². The Kier molecular flexibility index (Phi) is 8.66. The van der Waals surface area contributed by atoms with Crippen molar-refractivity contribution in [3.8, 4) is 11.3 Å². The number of nitrogens with two attached hydrogens (primary N) is 1. The highest BCUT2D eigenvalue weighted by Gasteiger charge is 2.38. The molecule has 188 valence electrons. The molecule has 2 aromatic carbocycles. The highest BCUT2D eigenvalue weighted by atomic mass is 32.2. The number of amides is 1. The van der Waals surface area contributed by atoms with Crippen LogP contribution in [0.5, 0.6) is 0 Å². The summed E-state index contributed by atoms with van der Waals surface area (Å²) in [5.74, 6) is 0.632. The first-order chi connectivity index (χ1) is 16.6. The van der Waals surface area contributed by atoms with Crippen molar-refractivity contribution in [1.82, 2.24) is 14.3 Å². The third kappa shape index (κ3) is 6.91. The number of aliphatic hydroxyl groups excluding tert-OH is 1. The van der Waals surface area contributed by atoms with E-state index in [1.54, 1.807) is 18.3 Å². The predicted molar refractivity (Wildman–Crippen MR) is 133 cm³/mol. The molecule has 0 aliphatic heterocycles. The zero-order chi connectivity index (χ0) is 25.6. The van der Waals surface area contributed by atoms with Crippen molar-refractivity contribution in [3.05, 3.63) is 72.2 Å². The molecule has 0 aliphatic rings. The van der Waals surface area contributed by atoms with E-state index >= 15 is 0 Å². The molecule has 3 aromatic rings. The zero-order valence-corrected chi connectivity index (χ0v) is 20.9.